The largest absolute Gasteiger partial charge is 0.467 e. The molecule has 2 aliphatic rings. The van der Waals surface area contributed by atoms with Crippen molar-refractivity contribution in [3.05, 3.63) is 0 Å². The molecule has 6 heteroatoms. The number of carbonyl (C=O) groups excluding carboxylic acids is 1. The zero-order valence-electron chi connectivity index (χ0n) is 14.9. The zero-order chi connectivity index (χ0) is 17.1. The Morgan fingerprint density at radius 1 is 0.875 bits per heavy atom. The summed E-state index contributed by atoms with van der Waals surface area (Å²) >= 11 is 0. The normalized spacial score (nSPS) is 27.8. The van der Waals surface area contributed by atoms with Gasteiger partial charge in [0, 0.05) is 12.8 Å². The first kappa shape index (κ1) is 19.6. The minimum Gasteiger partial charge on any atom is -0.467 e. The average molecular weight is 344 g/mol. The number of ether oxygens (including phenoxy) is 1. The van der Waals surface area contributed by atoms with Crippen LogP contribution in [0.1, 0.15) is 83.5 Å². The summed E-state index contributed by atoms with van der Waals surface area (Å²) in [7, 11) is 1.36. The maximum Gasteiger partial charge on any atom is 0.338 e. The molecule has 1 spiro atoms. The molecule has 2 rings (SSSR count). The molecule has 1 atom stereocenters. The first-order valence-corrected chi connectivity index (χ1v) is 9.49. The van der Waals surface area contributed by atoms with Gasteiger partial charge in [0.2, 0.25) is 5.79 Å². The molecule has 1 heterocycles. The van der Waals surface area contributed by atoms with Crippen LogP contribution in [0, 0.1) is 0 Å². The molecule has 0 bridgehead atoms. The lowest BCUT2D eigenvalue weighted by molar-refractivity contribution is -0.516. The summed E-state index contributed by atoms with van der Waals surface area (Å²) in [6.07, 6.45) is 12.5. The standard InChI is InChI=1S/C18H32O6/c1-20-17(19)16-12-11-15-21-23-18(24-22-16)13-9-7-5-3-2-4-6-8-10-14-18/h16H,2-15H2,1H3. The number of hydrogen-bond acceptors (Lipinski definition) is 6. The number of rotatable bonds is 1. The van der Waals surface area contributed by atoms with E-state index in [1.165, 1.54) is 39.2 Å². The Labute approximate surface area is 145 Å². The third-order valence-electron chi connectivity index (χ3n) is 4.80. The van der Waals surface area contributed by atoms with E-state index in [0.717, 1.165) is 25.7 Å². The van der Waals surface area contributed by atoms with Gasteiger partial charge in [-0.25, -0.2) is 14.6 Å². The second-order valence-electron chi connectivity index (χ2n) is 6.83. The highest BCUT2D eigenvalue weighted by Gasteiger charge is 2.38. The molecule has 1 aliphatic carbocycles. The predicted octanol–water partition coefficient (Wildman–Crippen LogP) is 4.22. The van der Waals surface area contributed by atoms with Crippen molar-refractivity contribution in [1.82, 2.24) is 0 Å². The first-order chi connectivity index (χ1) is 11.8. The van der Waals surface area contributed by atoms with Gasteiger partial charge >= 0.3 is 5.97 Å². The van der Waals surface area contributed by atoms with Crippen molar-refractivity contribution in [2.45, 2.75) is 95.4 Å². The monoisotopic (exact) mass is 344 g/mol. The van der Waals surface area contributed by atoms with Crippen LogP contribution in [0.25, 0.3) is 0 Å². The van der Waals surface area contributed by atoms with Crippen molar-refractivity contribution in [3.63, 3.8) is 0 Å². The molecule has 0 radical (unpaired) electrons. The molecule has 0 aromatic rings. The van der Waals surface area contributed by atoms with Crippen LogP contribution < -0.4 is 0 Å². The topological polar surface area (TPSA) is 63.2 Å². The van der Waals surface area contributed by atoms with E-state index in [4.69, 9.17) is 24.3 Å². The lowest BCUT2D eigenvalue weighted by atomic mass is 9.97. The Bertz CT molecular complexity index is 347. The Morgan fingerprint density at radius 2 is 1.46 bits per heavy atom. The third-order valence-corrected chi connectivity index (χ3v) is 4.80. The first-order valence-electron chi connectivity index (χ1n) is 9.49. The number of methoxy groups -OCH3 is 1. The van der Waals surface area contributed by atoms with Crippen LogP contribution in [0.15, 0.2) is 0 Å². The molecule has 0 aromatic carbocycles. The van der Waals surface area contributed by atoms with Gasteiger partial charge in [0.15, 0.2) is 6.10 Å². The molecule has 1 saturated carbocycles. The minimum absolute atomic E-state index is 0.416. The maximum atomic E-state index is 11.8. The molecule has 0 amide bonds. The van der Waals surface area contributed by atoms with Crippen molar-refractivity contribution >= 4 is 5.97 Å². The van der Waals surface area contributed by atoms with Crippen LogP contribution >= 0.6 is 0 Å². The molecule has 140 valence electrons. The van der Waals surface area contributed by atoms with Gasteiger partial charge in [0.1, 0.15) is 0 Å². The molecule has 0 N–H and O–H groups in total. The van der Waals surface area contributed by atoms with Crippen molar-refractivity contribution in [2.75, 3.05) is 13.7 Å². The van der Waals surface area contributed by atoms with E-state index in [0.29, 0.717) is 32.3 Å². The molecule has 1 saturated heterocycles. The molecule has 24 heavy (non-hydrogen) atoms. The SMILES string of the molecule is COC(=O)C1CCCOOC2(CCCCCCCCCCC2)OO1. The molecule has 2 fully saturated rings. The number of hydrogen-bond donors (Lipinski definition) is 0. The van der Waals surface area contributed by atoms with Crippen molar-refractivity contribution in [3.8, 4) is 0 Å². The molecule has 0 aromatic heterocycles. The predicted molar refractivity (Wildman–Crippen MR) is 87.8 cm³/mol. The van der Waals surface area contributed by atoms with Gasteiger partial charge in [-0.1, -0.05) is 44.9 Å². The Kier molecular flexibility index (Phi) is 9.02. The highest BCUT2D eigenvalue weighted by Crippen LogP contribution is 2.31. The van der Waals surface area contributed by atoms with Gasteiger partial charge in [-0.05, 0) is 25.7 Å². The van der Waals surface area contributed by atoms with Crippen LogP contribution in [-0.2, 0) is 29.1 Å². The summed E-state index contributed by atoms with van der Waals surface area (Å²) in [4.78, 5) is 34.0. The van der Waals surface area contributed by atoms with E-state index in [2.05, 4.69) is 0 Å². The lowest BCUT2D eigenvalue weighted by Gasteiger charge is -2.31. The van der Waals surface area contributed by atoms with Crippen LogP contribution in [0.3, 0.4) is 0 Å². The fourth-order valence-corrected chi connectivity index (χ4v) is 3.29. The van der Waals surface area contributed by atoms with Gasteiger partial charge < -0.3 is 4.74 Å². The summed E-state index contributed by atoms with van der Waals surface area (Å²) < 4.78 is 4.79. The Hall–Kier alpha value is -0.690. The number of esters is 1. The average Bonchev–Trinajstić information content (AvgIpc) is 2.69. The third kappa shape index (κ3) is 6.67. The van der Waals surface area contributed by atoms with E-state index in [1.54, 1.807) is 0 Å². The van der Waals surface area contributed by atoms with Gasteiger partial charge in [-0.3, -0.25) is 0 Å². The minimum atomic E-state index is -0.921. The van der Waals surface area contributed by atoms with E-state index in [9.17, 15) is 4.79 Å². The maximum absolute atomic E-state index is 11.8. The van der Waals surface area contributed by atoms with Crippen LogP contribution in [0.5, 0.6) is 0 Å². The Morgan fingerprint density at radius 3 is 2.04 bits per heavy atom. The van der Waals surface area contributed by atoms with Crippen LogP contribution in [0.2, 0.25) is 0 Å². The van der Waals surface area contributed by atoms with Gasteiger partial charge in [-0.2, -0.15) is 9.78 Å². The summed E-state index contributed by atoms with van der Waals surface area (Å²) in [6, 6.07) is 0. The Balaban J connectivity index is 2.00. The summed E-state index contributed by atoms with van der Waals surface area (Å²) in [5.41, 5.74) is 0. The molecule has 6 nitrogen and oxygen atoms in total. The smallest absolute Gasteiger partial charge is 0.338 e. The number of carbonyl (C=O) groups is 1. The van der Waals surface area contributed by atoms with Gasteiger partial charge in [0.25, 0.3) is 0 Å². The highest BCUT2D eigenvalue weighted by molar-refractivity contribution is 5.74. The molecule has 1 unspecified atom stereocenters. The van der Waals surface area contributed by atoms with Crippen molar-refractivity contribution < 1.29 is 29.1 Å². The van der Waals surface area contributed by atoms with Crippen LogP contribution in [-0.4, -0.2) is 31.6 Å². The summed E-state index contributed by atoms with van der Waals surface area (Å²) in [5.74, 6) is -1.34. The highest BCUT2D eigenvalue weighted by atomic mass is 17.3. The second-order valence-corrected chi connectivity index (χ2v) is 6.83. The van der Waals surface area contributed by atoms with Gasteiger partial charge in [-0.15, -0.1) is 0 Å². The van der Waals surface area contributed by atoms with Crippen LogP contribution in [0.4, 0.5) is 0 Å². The summed E-state index contributed by atoms with van der Waals surface area (Å²) in [5, 5.41) is 0. The lowest BCUT2D eigenvalue weighted by Crippen LogP contribution is -2.38. The van der Waals surface area contributed by atoms with Gasteiger partial charge in [0.05, 0.1) is 13.7 Å². The fraction of sp³-hybridized carbons (Fsp3) is 0.944. The van der Waals surface area contributed by atoms with Crippen molar-refractivity contribution in [2.24, 2.45) is 0 Å². The molecule has 1 aliphatic heterocycles. The van der Waals surface area contributed by atoms with E-state index in [-0.39, 0.29) is 0 Å². The second kappa shape index (κ2) is 11.0. The van der Waals surface area contributed by atoms with E-state index in [1.807, 2.05) is 0 Å². The fourth-order valence-electron chi connectivity index (χ4n) is 3.29. The zero-order valence-corrected chi connectivity index (χ0v) is 14.9. The molecular weight excluding hydrogens is 312 g/mol. The van der Waals surface area contributed by atoms with E-state index < -0.39 is 17.9 Å². The summed E-state index contributed by atoms with van der Waals surface area (Å²) in [6.45, 7) is 0.419. The quantitative estimate of drug-likeness (QED) is 0.524. The van der Waals surface area contributed by atoms with E-state index >= 15 is 0 Å². The molecular formula is C18H32O6. The van der Waals surface area contributed by atoms with Crippen molar-refractivity contribution in [1.29, 1.82) is 0 Å².